The van der Waals surface area contributed by atoms with E-state index in [-0.39, 0.29) is 24.3 Å². The van der Waals surface area contributed by atoms with Crippen molar-refractivity contribution >= 4 is 22.7 Å². The highest BCUT2D eigenvalue weighted by atomic mass is 16.2. The van der Waals surface area contributed by atoms with Gasteiger partial charge in [-0.05, 0) is 30.4 Å². The Bertz CT molecular complexity index is 966. The number of para-hydroxylation sites is 1. The molecule has 4 rings (SSSR count). The number of benzene rings is 1. The Balaban J connectivity index is 1.38. The van der Waals surface area contributed by atoms with Gasteiger partial charge in [0.2, 0.25) is 11.8 Å². The van der Waals surface area contributed by atoms with E-state index in [0.717, 1.165) is 29.6 Å². The summed E-state index contributed by atoms with van der Waals surface area (Å²) < 4.78 is 3.82. The van der Waals surface area contributed by atoms with Crippen molar-refractivity contribution < 1.29 is 9.59 Å². The average molecular weight is 365 g/mol. The van der Waals surface area contributed by atoms with Gasteiger partial charge in [0.15, 0.2) is 0 Å². The lowest BCUT2D eigenvalue weighted by Gasteiger charge is -2.32. The summed E-state index contributed by atoms with van der Waals surface area (Å²) >= 11 is 0. The van der Waals surface area contributed by atoms with Crippen molar-refractivity contribution in [3.05, 3.63) is 54.7 Å². The van der Waals surface area contributed by atoms with Crippen LogP contribution in [-0.4, -0.2) is 43.9 Å². The van der Waals surface area contributed by atoms with E-state index in [1.54, 1.807) is 12.4 Å². The van der Waals surface area contributed by atoms with Gasteiger partial charge in [0.1, 0.15) is 18.9 Å². The molecule has 3 aromatic rings. The first-order valence-corrected chi connectivity index (χ1v) is 9.23. The van der Waals surface area contributed by atoms with Gasteiger partial charge < -0.3 is 19.8 Å². The number of imidazole rings is 1. The molecule has 0 atom stereocenters. The minimum Gasteiger partial charge on any atom is -0.368 e. The molecule has 0 bridgehead atoms. The number of nitrogens with zero attached hydrogens (tertiary/aromatic N) is 4. The van der Waals surface area contributed by atoms with Crippen LogP contribution in [0.2, 0.25) is 0 Å². The summed E-state index contributed by atoms with van der Waals surface area (Å²) in [5, 5.41) is 1.14. The van der Waals surface area contributed by atoms with Crippen molar-refractivity contribution in [2.75, 3.05) is 13.1 Å². The maximum atomic E-state index is 12.7. The molecular weight excluding hydrogens is 342 g/mol. The largest absolute Gasteiger partial charge is 0.368 e. The molecule has 1 fully saturated rings. The molecule has 0 radical (unpaired) electrons. The third-order valence-electron chi connectivity index (χ3n) is 5.27. The topological polar surface area (TPSA) is 86.2 Å². The van der Waals surface area contributed by atoms with E-state index in [2.05, 4.69) is 11.1 Å². The summed E-state index contributed by atoms with van der Waals surface area (Å²) in [5.41, 5.74) is 6.38. The number of hydrogen-bond acceptors (Lipinski definition) is 3. The molecule has 1 aliphatic heterocycles. The van der Waals surface area contributed by atoms with Gasteiger partial charge in [-0.25, -0.2) is 4.98 Å². The summed E-state index contributed by atoms with van der Waals surface area (Å²) in [7, 11) is 0. The predicted molar refractivity (Wildman–Crippen MR) is 102 cm³/mol. The first-order chi connectivity index (χ1) is 13.1. The molecule has 1 aliphatic rings. The number of piperidine rings is 1. The fourth-order valence-electron chi connectivity index (χ4n) is 3.89. The minimum absolute atomic E-state index is 0.135. The lowest BCUT2D eigenvalue weighted by atomic mass is 9.96. The molecule has 2 N–H and O–H groups in total. The van der Waals surface area contributed by atoms with Gasteiger partial charge in [-0.15, -0.1) is 0 Å². The minimum atomic E-state index is -0.374. The number of carbonyl (C=O) groups is 2. The molecular formula is C20H23N5O2. The molecule has 7 nitrogen and oxygen atoms in total. The third kappa shape index (κ3) is 3.58. The monoisotopic (exact) mass is 365 g/mol. The van der Waals surface area contributed by atoms with Crippen LogP contribution in [0.15, 0.2) is 48.9 Å². The van der Waals surface area contributed by atoms with E-state index in [4.69, 9.17) is 5.73 Å². The lowest BCUT2D eigenvalue weighted by Crippen LogP contribution is -2.40. The van der Waals surface area contributed by atoms with Gasteiger partial charge in [0.25, 0.3) is 0 Å². The second kappa shape index (κ2) is 7.26. The zero-order valence-corrected chi connectivity index (χ0v) is 15.1. The summed E-state index contributed by atoms with van der Waals surface area (Å²) in [5.74, 6) is 0.893. The molecule has 0 unspecified atom stereocenters. The Labute approximate surface area is 157 Å². The Morgan fingerprint density at radius 1 is 1.04 bits per heavy atom. The Morgan fingerprint density at radius 2 is 1.81 bits per heavy atom. The molecule has 140 valence electrons. The molecule has 1 saturated heterocycles. The van der Waals surface area contributed by atoms with Crippen molar-refractivity contribution in [1.82, 2.24) is 19.0 Å². The molecule has 0 saturated carbocycles. The summed E-state index contributed by atoms with van der Waals surface area (Å²) in [6, 6.07) is 10.1. The molecule has 3 heterocycles. The first kappa shape index (κ1) is 17.3. The molecule has 2 amide bonds. The number of nitrogens with two attached hydrogens (primary N) is 1. The SMILES string of the molecule is NC(=O)Cn1ccnc1C1CCN(C(=O)Cn2ccc3ccccc32)CC1. The Morgan fingerprint density at radius 3 is 2.59 bits per heavy atom. The van der Waals surface area contributed by atoms with Crippen LogP contribution in [0.4, 0.5) is 0 Å². The van der Waals surface area contributed by atoms with E-state index in [1.165, 1.54) is 0 Å². The van der Waals surface area contributed by atoms with Gasteiger partial charge >= 0.3 is 0 Å². The standard InChI is InChI=1S/C20H23N5O2/c21-18(26)13-25-12-8-22-20(25)16-6-9-23(10-7-16)19(27)14-24-11-5-15-3-1-2-4-17(15)24/h1-5,8,11-12,16H,6-7,9-10,13-14H2,(H2,21,26). The molecule has 0 aliphatic carbocycles. The molecule has 0 spiro atoms. The summed E-state index contributed by atoms with van der Waals surface area (Å²) in [6.07, 6.45) is 7.14. The number of amides is 2. The van der Waals surface area contributed by atoms with Crippen LogP contribution in [0.25, 0.3) is 10.9 Å². The van der Waals surface area contributed by atoms with Gasteiger partial charge in [-0.3, -0.25) is 9.59 Å². The zero-order chi connectivity index (χ0) is 18.8. The molecule has 1 aromatic carbocycles. The molecule has 27 heavy (non-hydrogen) atoms. The second-order valence-corrected chi connectivity index (χ2v) is 7.04. The van der Waals surface area contributed by atoms with Gasteiger partial charge in [0, 0.05) is 43.1 Å². The number of likely N-dealkylation sites (tertiary alicyclic amines) is 1. The van der Waals surface area contributed by atoms with Crippen LogP contribution in [0.5, 0.6) is 0 Å². The van der Waals surface area contributed by atoms with E-state index < -0.39 is 0 Å². The fourth-order valence-corrected chi connectivity index (χ4v) is 3.89. The van der Waals surface area contributed by atoms with Crippen LogP contribution in [0, 0.1) is 0 Å². The summed E-state index contributed by atoms with van der Waals surface area (Å²) in [6.45, 7) is 1.90. The zero-order valence-electron chi connectivity index (χ0n) is 15.1. The average Bonchev–Trinajstić information content (AvgIpc) is 3.29. The van der Waals surface area contributed by atoms with Crippen molar-refractivity contribution in [3.63, 3.8) is 0 Å². The number of rotatable bonds is 5. The maximum Gasteiger partial charge on any atom is 0.242 e. The highest BCUT2D eigenvalue weighted by Crippen LogP contribution is 2.27. The van der Waals surface area contributed by atoms with Crippen molar-refractivity contribution in [3.8, 4) is 0 Å². The fraction of sp³-hybridized carbons (Fsp3) is 0.350. The van der Waals surface area contributed by atoms with Crippen LogP contribution >= 0.6 is 0 Å². The second-order valence-electron chi connectivity index (χ2n) is 7.04. The van der Waals surface area contributed by atoms with Crippen LogP contribution in [-0.2, 0) is 22.7 Å². The van der Waals surface area contributed by atoms with Crippen molar-refractivity contribution in [1.29, 1.82) is 0 Å². The Hall–Kier alpha value is -3.09. The Kier molecular flexibility index (Phi) is 4.66. The van der Waals surface area contributed by atoms with Crippen LogP contribution < -0.4 is 5.73 Å². The van der Waals surface area contributed by atoms with E-state index in [1.807, 2.05) is 44.5 Å². The molecule has 2 aromatic heterocycles. The summed E-state index contributed by atoms with van der Waals surface area (Å²) in [4.78, 5) is 30.3. The highest BCUT2D eigenvalue weighted by Gasteiger charge is 2.26. The van der Waals surface area contributed by atoms with E-state index in [0.29, 0.717) is 19.6 Å². The first-order valence-electron chi connectivity index (χ1n) is 9.23. The van der Waals surface area contributed by atoms with E-state index >= 15 is 0 Å². The quantitative estimate of drug-likeness (QED) is 0.747. The van der Waals surface area contributed by atoms with Gasteiger partial charge in [-0.1, -0.05) is 18.2 Å². The van der Waals surface area contributed by atoms with Crippen molar-refractivity contribution in [2.24, 2.45) is 5.73 Å². The van der Waals surface area contributed by atoms with Crippen LogP contribution in [0.3, 0.4) is 0 Å². The number of carbonyl (C=O) groups excluding carboxylic acids is 2. The van der Waals surface area contributed by atoms with Gasteiger partial charge in [0.05, 0.1) is 0 Å². The number of fused-ring (bicyclic) bond motifs is 1. The normalized spacial score (nSPS) is 15.3. The maximum absolute atomic E-state index is 12.7. The smallest absolute Gasteiger partial charge is 0.242 e. The van der Waals surface area contributed by atoms with Gasteiger partial charge in [-0.2, -0.15) is 0 Å². The third-order valence-corrected chi connectivity index (χ3v) is 5.27. The number of hydrogen-bond donors (Lipinski definition) is 1. The molecule has 7 heteroatoms. The van der Waals surface area contributed by atoms with E-state index in [9.17, 15) is 9.59 Å². The number of primary amides is 1. The van der Waals surface area contributed by atoms with Crippen LogP contribution in [0.1, 0.15) is 24.6 Å². The van der Waals surface area contributed by atoms with Crippen molar-refractivity contribution in [2.45, 2.75) is 31.8 Å². The number of aromatic nitrogens is 3. The predicted octanol–water partition coefficient (Wildman–Crippen LogP) is 1.73. The highest BCUT2D eigenvalue weighted by molar-refractivity contribution is 5.83. The lowest BCUT2D eigenvalue weighted by molar-refractivity contribution is -0.132.